The largest absolute Gasteiger partial charge is 0.396 e. The van der Waals surface area contributed by atoms with Gasteiger partial charge in [0, 0.05) is 24.6 Å². The Kier molecular flexibility index (Phi) is 7.62. The summed E-state index contributed by atoms with van der Waals surface area (Å²) in [5.41, 5.74) is 2.67. The van der Waals surface area contributed by atoms with Crippen molar-refractivity contribution in [3.63, 3.8) is 0 Å². The quantitative estimate of drug-likeness (QED) is 0.445. The van der Waals surface area contributed by atoms with E-state index >= 15 is 0 Å². The predicted octanol–water partition coefficient (Wildman–Crippen LogP) is 2.76. The van der Waals surface area contributed by atoms with Gasteiger partial charge in [-0.2, -0.15) is 4.98 Å². The van der Waals surface area contributed by atoms with Gasteiger partial charge in [-0.15, -0.1) is 11.3 Å². The summed E-state index contributed by atoms with van der Waals surface area (Å²) in [6.45, 7) is 11.9. The molecule has 3 rings (SSSR count). The molecule has 2 aromatic rings. The van der Waals surface area contributed by atoms with Gasteiger partial charge in [-0.05, 0) is 46.0 Å². The Morgan fingerprint density at radius 1 is 1.17 bits per heavy atom. The molecule has 0 amide bonds. The monoisotopic (exact) mass is 435 g/mol. The maximum Gasteiger partial charge on any atom is 0.224 e. The first kappa shape index (κ1) is 22.9. The van der Waals surface area contributed by atoms with Crippen molar-refractivity contribution in [1.82, 2.24) is 15.0 Å². The number of aromatic nitrogens is 3. The first-order valence-corrected chi connectivity index (χ1v) is 11.4. The van der Waals surface area contributed by atoms with Crippen LogP contribution in [0.5, 0.6) is 0 Å². The number of anilines is 2. The molecular weight excluding hydrogens is 402 g/mol. The van der Waals surface area contributed by atoms with Gasteiger partial charge in [0.25, 0.3) is 0 Å². The molecule has 8 nitrogen and oxygen atoms in total. The number of thiazole rings is 1. The van der Waals surface area contributed by atoms with E-state index in [0.717, 1.165) is 26.8 Å². The Bertz CT molecular complexity index is 840. The topological polar surface area (TPSA) is 112 Å². The molecule has 1 saturated carbocycles. The maximum atomic E-state index is 10.7. The number of aryl methyl sites for hydroxylation is 3. The summed E-state index contributed by atoms with van der Waals surface area (Å²) in [6, 6.07) is -0.191. The minimum Gasteiger partial charge on any atom is -0.396 e. The van der Waals surface area contributed by atoms with Crippen molar-refractivity contribution in [2.75, 3.05) is 37.0 Å². The van der Waals surface area contributed by atoms with Crippen LogP contribution in [0.3, 0.4) is 0 Å². The molecule has 1 fully saturated rings. The van der Waals surface area contributed by atoms with Crippen molar-refractivity contribution in [1.29, 1.82) is 0 Å². The Balaban J connectivity index is 1.93. The Hall–Kier alpha value is -1.81. The number of rotatable bonds is 9. The zero-order chi connectivity index (χ0) is 21.8. The fourth-order valence-electron chi connectivity index (χ4n) is 3.86. The molecule has 0 aliphatic heterocycles. The van der Waals surface area contributed by atoms with Gasteiger partial charge in [0.1, 0.15) is 10.8 Å². The molecule has 2 heterocycles. The number of nitrogens with one attached hydrogen (secondary N) is 2. The van der Waals surface area contributed by atoms with Gasteiger partial charge in [0.05, 0.1) is 35.7 Å². The van der Waals surface area contributed by atoms with Crippen LogP contribution in [-0.4, -0.2) is 63.7 Å². The smallest absolute Gasteiger partial charge is 0.224 e. The van der Waals surface area contributed by atoms with Gasteiger partial charge in [0.15, 0.2) is 0 Å². The van der Waals surface area contributed by atoms with Crippen LogP contribution in [0.25, 0.3) is 10.6 Å². The second-order valence-electron chi connectivity index (χ2n) is 7.92. The van der Waals surface area contributed by atoms with E-state index in [2.05, 4.69) is 22.5 Å². The summed E-state index contributed by atoms with van der Waals surface area (Å²) in [5.74, 6) is 1.26. The highest BCUT2D eigenvalue weighted by Gasteiger charge is 2.40. The Labute approximate surface area is 182 Å². The summed E-state index contributed by atoms with van der Waals surface area (Å²) < 4.78 is 5.38. The summed E-state index contributed by atoms with van der Waals surface area (Å²) in [4.78, 5) is 15.2. The standard InChI is InChI=1S/C21H33N5O3S/c1-6-29-8-7-22-21-24-13(4)17(20-23-12(3)14(5)30-20)19(26-21)25-16-9-15(10-27)11(2)18(16)28/h11,15-16,18,27-28H,6-10H2,1-5H3,(H2,22,24,25,26). The molecule has 0 aromatic carbocycles. The minimum absolute atomic E-state index is 0.0204. The second kappa shape index (κ2) is 10.00. The maximum absolute atomic E-state index is 10.7. The van der Waals surface area contributed by atoms with E-state index in [1.54, 1.807) is 11.3 Å². The van der Waals surface area contributed by atoms with Gasteiger partial charge in [-0.1, -0.05) is 6.92 Å². The SMILES string of the molecule is CCOCCNc1nc(C)c(-c2nc(C)c(C)s2)c(NC2CC(CO)C(C)C2O)n1. The van der Waals surface area contributed by atoms with Crippen LogP contribution in [-0.2, 0) is 4.74 Å². The van der Waals surface area contributed by atoms with Crippen molar-refractivity contribution in [3.05, 3.63) is 16.3 Å². The molecule has 0 saturated heterocycles. The third-order valence-electron chi connectivity index (χ3n) is 5.87. The fraction of sp³-hybridized carbons (Fsp3) is 0.667. The molecule has 1 aliphatic carbocycles. The number of hydrogen-bond acceptors (Lipinski definition) is 9. The summed E-state index contributed by atoms with van der Waals surface area (Å²) in [6.07, 6.45) is 0.129. The highest BCUT2D eigenvalue weighted by molar-refractivity contribution is 7.15. The number of aliphatic hydroxyl groups is 2. The molecule has 0 radical (unpaired) electrons. The average Bonchev–Trinajstić information content (AvgIpc) is 3.18. The highest BCUT2D eigenvalue weighted by Crippen LogP contribution is 2.38. The van der Waals surface area contributed by atoms with E-state index in [0.29, 0.717) is 37.9 Å². The molecule has 4 atom stereocenters. The lowest BCUT2D eigenvalue weighted by Gasteiger charge is -2.21. The molecule has 4 N–H and O–H groups in total. The predicted molar refractivity (Wildman–Crippen MR) is 120 cm³/mol. The zero-order valence-electron chi connectivity index (χ0n) is 18.4. The third kappa shape index (κ3) is 4.91. The van der Waals surface area contributed by atoms with Gasteiger partial charge >= 0.3 is 0 Å². The van der Waals surface area contributed by atoms with Crippen LogP contribution in [0.4, 0.5) is 11.8 Å². The van der Waals surface area contributed by atoms with E-state index in [-0.39, 0.29) is 24.5 Å². The van der Waals surface area contributed by atoms with Gasteiger partial charge in [0.2, 0.25) is 5.95 Å². The van der Waals surface area contributed by atoms with Crippen LogP contribution in [0, 0.1) is 32.6 Å². The Morgan fingerprint density at radius 2 is 1.93 bits per heavy atom. The number of hydrogen-bond donors (Lipinski definition) is 4. The van der Waals surface area contributed by atoms with Crippen LogP contribution in [0.15, 0.2) is 0 Å². The molecule has 9 heteroatoms. The lowest BCUT2D eigenvalue weighted by Crippen LogP contribution is -2.32. The summed E-state index contributed by atoms with van der Waals surface area (Å²) in [7, 11) is 0. The van der Waals surface area contributed by atoms with Gasteiger partial charge in [-0.3, -0.25) is 0 Å². The zero-order valence-corrected chi connectivity index (χ0v) is 19.2. The van der Waals surface area contributed by atoms with Crippen LogP contribution < -0.4 is 10.6 Å². The van der Waals surface area contributed by atoms with E-state index in [1.165, 1.54) is 0 Å². The minimum atomic E-state index is -0.556. The summed E-state index contributed by atoms with van der Waals surface area (Å²) >= 11 is 1.62. The molecule has 0 bridgehead atoms. The van der Waals surface area contributed by atoms with Crippen LogP contribution >= 0.6 is 11.3 Å². The Morgan fingerprint density at radius 3 is 2.53 bits per heavy atom. The van der Waals surface area contributed by atoms with Crippen molar-refractivity contribution >= 4 is 23.1 Å². The molecular formula is C21H33N5O3S. The summed E-state index contributed by atoms with van der Waals surface area (Å²) in [5, 5.41) is 27.9. The van der Waals surface area contributed by atoms with Crippen molar-refractivity contribution in [2.45, 2.75) is 53.2 Å². The molecule has 2 aromatic heterocycles. The van der Waals surface area contributed by atoms with E-state index in [9.17, 15) is 10.2 Å². The third-order valence-corrected chi connectivity index (χ3v) is 6.96. The van der Waals surface area contributed by atoms with Crippen molar-refractivity contribution < 1.29 is 14.9 Å². The first-order valence-electron chi connectivity index (χ1n) is 10.6. The van der Waals surface area contributed by atoms with E-state index in [1.807, 2.05) is 27.7 Å². The lowest BCUT2D eigenvalue weighted by molar-refractivity contribution is 0.103. The normalized spacial score (nSPS) is 23.7. The van der Waals surface area contributed by atoms with E-state index in [4.69, 9.17) is 14.7 Å². The molecule has 0 spiro atoms. The fourth-order valence-corrected chi connectivity index (χ4v) is 4.87. The number of ether oxygens (including phenoxy) is 1. The lowest BCUT2D eigenvalue weighted by atomic mass is 9.98. The molecule has 166 valence electrons. The average molecular weight is 436 g/mol. The number of nitrogens with zero attached hydrogens (tertiary/aromatic N) is 3. The van der Waals surface area contributed by atoms with Gasteiger partial charge in [-0.25, -0.2) is 9.97 Å². The van der Waals surface area contributed by atoms with Crippen LogP contribution in [0.1, 0.15) is 36.5 Å². The van der Waals surface area contributed by atoms with Crippen molar-refractivity contribution in [2.24, 2.45) is 11.8 Å². The van der Waals surface area contributed by atoms with E-state index < -0.39 is 6.10 Å². The molecule has 4 unspecified atom stereocenters. The van der Waals surface area contributed by atoms with Gasteiger partial charge < -0.3 is 25.6 Å². The molecule has 30 heavy (non-hydrogen) atoms. The number of aliphatic hydroxyl groups excluding tert-OH is 2. The van der Waals surface area contributed by atoms with Crippen molar-refractivity contribution in [3.8, 4) is 10.6 Å². The first-order chi connectivity index (χ1) is 14.3. The highest BCUT2D eigenvalue weighted by atomic mass is 32.1. The molecule has 1 aliphatic rings. The second-order valence-corrected chi connectivity index (χ2v) is 9.12. The van der Waals surface area contributed by atoms with Crippen LogP contribution in [0.2, 0.25) is 0 Å².